The third-order valence-corrected chi connectivity index (χ3v) is 6.43. The molecule has 0 aliphatic rings. The number of aromatic hydroxyl groups is 1. The van der Waals surface area contributed by atoms with Crippen molar-refractivity contribution in [3.63, 3.8) is 0 Å². The minimum absolute atomic E-state index is 0.0197. The van der Waals surface area contributed by atoms with Gasteiger partial charge in [0.2, 0.25) is 10.0 Å². The number of nitrogens with zero attached hydrogens (tertiary/aromatic N) is 2. The van der Waals surface area contributed by atoms with E-state index in [1.807, 2.05) is 0 Å². The van der Waals surface area contributed by atoms with Gasteiger partial charge < -0.3 is 5.11 Å². The van der Waals surface area contributed by atoms with Crippen molar-refractivity contribution in [2.45, 2.75) is 11.4 Å². The number of para-hydroxylation sites is 1. The molecule has 3 aromatic carbocycles. The van der Waals surface area contributed by atoms with Gasteiger partial charge in [0.05, 0.1) is 17.7 Å². The van der Waals surface area contributed by atoms with Gasteiger partial charge in [0, 0.05) is 17.1 Å². The van der Waals surface area contributed by atoms with Gasteiger partial charge in [-0.3, -0.25) is 4.79 Å². The maximum absolute atomic E-state index is 13.2. The molecule has 0 unspecified atom stereocenters. The average molecular weight is 476 g/mol. The molecule has 7 nitrogen and oxygen atoms in total. The molecule has 0 radical (unpaired) electrons. The van der Waals surface area contributed by atoms with Crippen LogP contribution in [0, 0.1) is 5.82 Å². The summed E-state index contributed by atoms with van der Waals surface area (Å²) >= 11 is 5.85. The van der Waals surface area contributed by atoms with Crippen molar-refractivity contribution >= 4 is 33.7 Å². The van der Waals surface area contributed by atoms with Crippen LogP contribution in [0.15, 0.2) is 82.8 Å². The number of amides is 1. The third kappa shape index (κ3) is 6.13. The number of nitrogens with one attached hydrogen (secondary N) is 1. The van der Waals surface area contributed by atoms with E-state index in [-0.39, 0.29) is 17.2 Å². The molecular formula is C22H19ClFN3O4S. The van der Waals surface area contributed by atoms with E-state index in [9.17, 15) is 22.7 Å². The first-order valence-corrected chi connectivity index (χ1v) is 11.2. The van der Waals surface area contributed by atoms with Crippen LogP contribution in [0.25, 0.3) is 0 Å². The molecule has 0 saturated heterocycles. The van der Waals surface area contributed by atoms with E-state index in [1.54, 1.807) is 18.2 Å². The SMILES string of the molecule is O=C(CN(Cc1ccc(F)cc1)S(=O)(=O)c1ccc(Cl)cc1)N/N=C\c1ccccc1O. The second-order valence-corrected chi connectivity index (χ2v) is 9.08. The Morgan fingerprint density at radius 2 is 1.72 bits per heavy atom. The lowest BCUT2D eigenvalue weighted by Crippen LogP contribution is -2.39. The second kappa shape index (κ2) is 10.4. The molecule has 1 amide bonds. The molecule has 2 N–H and O–H groups in total. The van der Waals surface area contributed by atoms with E-state index in [2.05, 4.69) is 10.5 Å². The molecule has 3 aromatic rings. The van der Waals surface area contributed by atoms with Crippen molar-refractivity contribution in [3.8, 4) is 5.75 Å². The largest absolute Gasteiger partial charge is 0.507 e. The zero-order valence-electron chi connectivity index (χ0n) is 16.7. The lowest BCUT2D eigenvalue weighted by Gasteiger charge is -2.21. The molecule has 32 heavy (non-hydrogen) atoms. The van der Waals surface area contributed by atoms with Gasteiger partial charge in [-0.15, -0.1) is 0 Å². The molecule has 0 aromatic heterocycles. The fourth-order valence-corrected chi connectivity index (χ4v) is 4.25. The number of halogens is 2. The summed E-state index contributed by atoms with van der Waals surface area (Å²) in [7, 11) is -4.08. The van der Waals surface area contributed by atoms with Gasteiger partial charge in [-0.05, 0) is 54.1 Å². The van der Waals surface area contributed by atoms with Crippen molar-refractivity contribution in [1.29, 1.82) is 0 Å². The van der Waals surface area contributed by atoms with Gasteiger partial charge in [-0.2, -0.15) is 9.41 Å². The van der Waals surface area contributed by atoms with Crippen molar-refractivity contribution < 1.29 is 22.7 Å². The van der Waals surface area contributed by atoms with Gasteiger partial charge in [0.25, 0.3) is 5.91 Å². The van der Waals surface area contributed by atoms with Crippen LogP contribution >= 0.6 is 11.6 Å². The summed E-state index contributed by atoms with van der Waals surface area (Å²) in [6.07, 6.45) is 1.24. The number of carbonyl (C=O) groups is 1. The number of hydrazone groups is 1. The maximum atomic E-state index is 13.2. The van der Waals surface area contributed by atoms with E-state index in [4.69, 9.17) is 11.6 Å². The highest BCUT2D eigenvalue weighted by Gasteiger charge is 2.27. The number of benzene rings is 3. The molecule has 0 bridgehead atoms. The summed E-state index contributed by atoms with van der Waals surface area (Å²) in [6, 6.07) is 17.2. The quantitative estimate of drug-likeness (QED) is 0.384. The Morgan fingerprint density at radius 3 is 2.38 bits per heavy atom. The summed E-state index contributed by atoms with van der Waals surface area (Å²) in [6.45, 7) is -0.706. The molecule has 3 rings (SSSR count). The monoisotopic (exact) mass is 475 g/mol. The van der Waals surface area contributed by atoms with Crippen LogP contribution in [0.2, 0.25) is 5.02 Å². The third-order valence-electron chi connectivity index (χ3n) is 4.37. The Hall–Kier alpha value is -3.27. The van der Waals surface area contributed by atoms with E-state index in [1.165, 1.54) is 60.8 Å². The van der Waals surface area contributed by atoms with Gasteiger partial charge >= 0.3 is 0 Å². The Labute approximate surface area is 189 Å². The van der Waals surface area contributed by atoms with Crippen LogP contribution in [-0.2, 0) is 21.4 Å². The summed E-state index contributed by atoms with van der Waals surface area (Å²) in [4.78, 5) is 12.4. The molecule has 0 aliphatic carbocycles. The van der Waals surface area contributed by atoms with Crippen LogP contribution in [-0.4, -0.2) is 36.5 Å². The highest BCUT2D eigenvalue weighted by Crippen LogP contribution is 2.20. The smallest absolute Gasteiger partial charge is 0.255 e. The van der Waals surface area contributed by atoms with Gasteiger partial charge in [0.15, 0.2) is 0 Å². The predicted octanol–water partition coefficient (Wildman–Crippen LogP) is 3.53. The lowest BCUT2D eigenvalue weighted by atomic mass is 10.2. The van der Waals surface area contributed by atoms with Gasteiger partial charge in [-0.25, -0.2) is 18.2 Å². The summed E-state index contributed by atoms with van der Waals surface area (Å²) in [5.74, 6) is -1.18. The normalized spacial score (nSPS) is 11.7. The number of phenolic OH excluding ortho intramolecular Hbond substituents is 1. The van der Waals surface area contributed by atoms with Gasteiger partial charge in [0.1, 0.15) is 11.6 Å². The van der Waals surface area contributed by atoms with Crippen LogP contribution < -0.4 is 5.43 Å². The van der Waals surface area contributed by atoms with Crippen LogP contribution in [0.3, 0.4) is 0 Å². The molecule has 0 heterocycles. The van der Waals surface area contributed by atoms with Crippen molar-refractivity contribution in [3.05, 3.63) is 94.8 Å². The number of hydrogen-bond acceptors (Lipinski definition) is 5. The number of hydrogen-bond donors (Lipinski definition) is 2. The first-order chi connectivity index (χ1) is 15.3. The van der Waals surface area contributed by atoms with E-state index >= 15 is 0 Å². The van der Waals surface area contributed by atoms with Crippen LogP contribution in [0.5, 0.6) is 5.75 Å². The summed E-state index contributed by atoms with van der Waals surface area (Å²) in [5, 5.41) is 13.9. The minimum atomic E-state index is -4.08. The molecule has 10 heteroatoms. The molecule has 0 spiro atoms. The van der Waals surface area contributed by atoms with Crippen molar-refractivity contribution in [2.24, 2.45) is 5.10 Å². The fraction of sp³-hybridized carbons (Fsp3) is 0.0909. The lowest BCUT2D eigenvalue weighted by molar-refractivity contribution is -0.121. The standard InChI is InChI=1S/C22H19ClFN3O4S/c23-18-7-11-20(12-8-18)32(30,31)27(14-16-5-9-19(24)10-6-16)15-22(29)26-25-13-17-3-1-2-4-21(17)28/h1-13,28H,14-15H2,(H,26,29)/b25-13-. The zero-order chi connectivity index (χ0) is 23.1. The van der Waals surface area contributed by atoms with E-state index in [0.29, 0.717) is 16.1 Å². The topological polar surface area (TPSA) is 99.1 Å². The number of rotatable bonds is 8. The van der Waals surface area contributed by atoms with Crippen molar-refractivity contribution in [2.75, 3.05) is 6.54 Å². The van der Waals surface area contributed by atoms with Gasteiger partial charge in [-0.1, -0.05) is 35.9 Å². The van der Waals surface area contributed by atoms with E-state index < -0.39 is 28.3 Å². The van der Waals surface area contributed by atoms with Crippen molar-refractivity contribution in [1.82, 2.24) is 9.73 Å². The molecule has 0 atom stereocenters. The number of sulfonamides is 1. The number of carbonyl (C=O) groups excluding carboxylic acids is 1. The second-order valence-electron chi connectivity index (χ2n) is 6.71. The Bertz CT molecular complexity index is 1220. The Morgan fingerprint density at radius 1 is 1.06 bits per heavy atom. The first-order valence-electron chi connectivity index (χ1n) is 9.36. The van der Waals surface area contributed by atoms with E-state index in [0.717, 1.165) is 4.31 Å². The molecule has 166 valence electrons. The predicted molar refractivity (Wildman–Crippen MR) is 119 cm³/mol. The Balaban J connectivity index is 1.80. The molecular weight excluding hydrogens is 457 g/mol. The Kier molecular flexibility index (Phi) is 7.57. The van der Waals surface area contributed by atoms with Crippen LogP contribution in [0.1, 0.15) is 11.1 Å². The average Bonchev–Trinajstić information content (AvgIpc) is 2.76. The zero-order valence-corrected chi connectivity index (χ0v) is 18.2. The molecule has 0 aliphatic heterocycles. The highest BCUT2D eigenvalue weighted by atomic mass is 35.5. The first kappa shape index (κ1) is 23.4. The minimum Gasteiger partial charge on any atom is -0.507 e. The maximum Gasteiger partial charge on any atom is 0.255 e. The fourth-order valence-electron chi connectivity index (χ4n) is 2.74. The summed E-state index contributed by atoms with van der Waals surface area (Å²) in [5.41, 5.74) is 3.12. The molecule has 0 saturated carbocycles. The van der Waals surface area contributed by atoms with Crippen LogP contribution in [0.4, 0.5) is 4.39 Å². The summed E-state index contributed by atoms with van der Waals surface area (Å²) < 4.78 is 40.5. The molecule has 0 fully saturated rings. The number of phenols is 1. The highest BCUT2D eigenvalue weighted by molar-refractivity contribution is 7.89.